The Bertz CT molecular complexity index is 1520. The number of H-pyrrole nitrogens is 1. The molecule has 4 aliphatic rings. The van der Waals surface area contributed by atoms with E-state index in [0.29, 0.717) is 39.0 Å². The predicted octanol–water partition coefficient (Wildman–Crippen LogP) is 4.84. The summed E-state index contributed by atoms with van der Waals surface area (Å²) in [5.74, 6) is 0. The molecule has 0 aliphatic carbocycles. The first kappa shape index (κ1) is 44.6. The Morgan fingerprint density at radius 3 is 1.49 bits per heavy atom. The van der Waals surface area contributed by atoms with Gasteiger partial charge in [0, 0.05) is 61.9 Å². The number of hydrogen-bond acceptors (Lipinski definition) is 11. The van der Waals surface area contributed by atoms with Gasteiger partial charge in [-0.05, 0) is 123 Å². The number of rotatable bonds is 3. The second kappa shape index (κ2) is 16.8. The lowest BCUT2D eigenvalue weighted by atomic mass is 9.82. The minimum absolute atomic E-state index is 0.237. The molecule has 2 amide bonds. The molecule has 2 N–H and O–H groups in total. The minimum Gasteiger partial charge on any atom is -0.444 e. The number of hydrogen-bond donors (Lipinski definition) is 2. The van der Waals surface area contributed by atoms with Crippen LogP contribution in [0.25, 0.3) is 0 Å². The van der Waals surface area contributed by atoms with Gasteiger partial charge in [0.1, 0.15) is 11.2 Å². The van der Waals surface area contributed by atoms with Gasteiger partial charge in [-0.1, -0.05) is 0 Å². The van der Waals surface area contributed by atoms with E-state index < -0.39 is 18.3 Å². The van der Waals surface area contributed by atoms with Gasteiger partial charge >= 0.3 is 26.4 Å². The van der Waals surface area contributed by atoms with Gasteiger partial charge in [-0.15, -0.1) is 0 Å². The largest absolute Gasteiger partial charge is 0.498 e. The first-order chi connectivity index (χ1) is 25.2. The van der Waals surface area contributed by atoms with Crippen molar-refractivity contribution in [2.45, 2.75) is 168 Å². The highest BCUT2D eigenvalue weighted by atomic mass is 16.7. The van der Waals surface area contributed by atoms with Crippen molar-refractivity contribution in [3.63, 3.8) is 0 Å². The number of aliphatic hydroxyl groups excluding tert-OH is 1. The maximum Gasteiger partial charge on any atom is 0.498 e. The van der Waals surface area contributed by atoms with Crippen molar-refractivity contribution < 1.29 is 42.8 Å². The van der Waals surface area contributed by atoms with Crippen molar-refractivity contribution in [3.8, 4) is 0 Å². The summed E-state index contributed by atoms with van der Waals surface area (Å²) in [5, 5.41) is 20.4. The van der Waals surface area contributed by atoms with E-state index in [1.807, 2.05) is 114 Å². The summed E-state index contributed by atoms with van der Waals surface area (Å²) < 4.78 is 36.5. The fraction of sp³-hybridized carbons (Fsp3) is 0.789. The lowest BCUT2D eigenvalue weighted by Gasteiger charge is -2.33. The molecule has 2 aromatic rings. The number of aromatic nitrogens is 4. The number of amides is 2. The van der Waals surface area contributed by atoms with Crippen molar-refractivity contribution in [2.75, 3.05) is 26.2 Å². The molecule has 0 bridgehead atoms. The summed E-state index contributed by atoms with van der Waals surface area (Å²) in [4.78, 5) is 27.2. The van der Waals surface area contributed by atoms with Gasteiger partial charge in [-0.3, -0.25) is 9.78 Å². The molecule has 15 nitrogen and oxygen atoms in total. The number of aliphatic hydroxyl groups is 1. The number of piperidine rings is 2. The number of ether oxygens (including phenoxy) is 2. The lowest BCUT2D eigenvalue weighted by Crippen LogP contribution is -2.42. The van der Waals surface area contributed by atoms with Crippen LogP contribution >= 0.6 is 0 Å². The number of carbonyl (C=O) groups is 2. The van der Waals surface area contributed by atoms with Gasteiger partial charge in [0.05, 0.1) is 34.6 Å². The zero-order valence-corrected chi connectivity index (χ0v) is 35.7. The van der Waals surface area contributed by atoms with Gasteiger partial charge < -0.3 is 43.0 Å². The molecule has 4 aliphatic heterocycles. The molecule has 4 fully saturated rings. The highest BCUT2D eigenvalue weighted by Crippen LogP contribution is 2.37. The molecule has 308 valence electrons. The molecule has 0 aromatic carbocycles. The molecule has 0 atom stereocenters. The van der Waals surface area contributed by atoms with Crippen LogP contribution in [0.1, 0.15) is 129 Å². The number of nitrogens with zero attached hydrogens (tertiary/aromatic N) is 5. The second-order valence-electron chi connectivity index (χ2n) is 18.9. The van der Waals surface area contributed by atoms with Crippen molar-refractivity contribution in [1.29, 1.82) is 0 Å². The summed E-state index contributed by atoms with van der Waals surface area (Å²) in [7, 11) is -0.704. The van der Waals surface area contributed by atoms with E-state index in [0.717, 1.165) is 23.8 Å². The fourth-order valence-corrected chi connectivity index (χ4v) is 6.04. The number of aromatic amines is 1. The zero-order valence-electron chi connectivity index (χ0n) is 35.7. The van der Waals surface area contributed by atoms with Crippen molar-refractivity contribution in [1.82, 2.24) is 29.8 Å². The SMILES string of the molecule is CC(C)(C)OC(=O)N1CCC(O)CC1.CC(C)(C)OC(=O)N1CCC(n2cc(B3OC(C)(C)C(C)(C)O3)cn2)CC1.CC1(C)OB(c2cn[nH]c2)OC1(C)C. The summed E-state index contributed by atoms with van der Waals surface area (Å²) >= 11 is 0. The molecule has 0 unspecified atom stereocenters. The van der Waals surface area contributed by atoms with Gasteiger partial charge in [-0.2, -0.15) is 10.2 Å². The second-order valence-corrected chi connectivity index (χ2v) is 18.9. The van der Waals surface area contributed by atoms with Crippen LogP contribution in [0.5, 0.6) is 0 Å². The van der Waals surface area contributed by atoms with Crippen LogP contribution in [-0.2, 0) is 28.1 Å². The van der Waals surface area contributed by atoms with Crippen LogP contribution in [0.2, 0.25) is 0 Å². The highest BCUT2D eigenvalue weighted by molar-refractivity contribution is 6.62. The maximum atomic E-state index is 12.2. The van der Waals surface area contributed by atoms with E-state index in [1.165, 1.54) is 0 Å². The monoisotopic (exact) mass is 773 g/mol. The van der Waals surface area contributed by atoms with E-state index in [2.05, 4.69) is 15.3 Å². The van der Waals surface area contributed by atoms with Crippen molar-refractivity contribution >= 4 is 37.3 Å². The first-order valence-corrected chi connectivity index (χ1v) is 19.6. The third kappa shape index (κ3) is 12.0. The van der Waals surface area contributed by atoms with E-state index >= 15 is 0 Å². The Morgan fingerprint density at radius 2 is 1.11 bits per heavy atom. The molecule has 17 heteroatoms. The molecule has 0 radical (unpaired) electrons. The van der Waals surface area contributed by atoms with Gasteiger partial charge in [-0.25, -0.2) is 9.59 Å². The standard InChI is InChI=1S/C19H32BN3O4.C10H19NO3.C9H15BN2O2/c1-17(2,3)25-16(24)22-10-8-15(9-11-22)23-13-14(12-21-23)20-26-18(4,5)19(6,7)27-20;1-10(2,3)14-9(13)11-6-4-8(12)5-7-11;1-8(2)9(3,4)14-10(13-8)7-5-11-12-6-7/h12-13,15H,8-11H2,1-7H3;8,12H,4-7H2,1-3H3;5-6H,1-4H3,(H,11,12). The minimum atomic E-state index is -0.465. The Balaban J connectivity index is 0.000000202. The molecule has 55 heavy (non-hydrogen) atoms. The van der Waals surface area contributed by atoms with Gasteiger partial charge in [0.25, 0.3) is 0 Å². The average molecular weight is 773 g/mol. The summed E-state index contributed by atoms with van der Waals surface area (Å²) in [5.41, 5.74) is -0.325. The maximum absolute atomic E-state index is 12.2. The summed E-state index contributed by atoms with van der Waals surface area (Å²) in [6.45, 7) is 30.1. The normalized spacial score (nSPS) is 22.4. The Morgan fingerprint density at radius 1 is 0.709 bits per heavy atom. The molecule has 6 rings (SSSR count). The summed E-state index contributed by atoms with van der Waals surface area (Å²) in [6, 6.07) is 0.264. The molecule has 4 saturated heterocycles. The number of likely N-dealkylation sites (tertiary alicyclic amines) is 2. The Kier molecular flexibility index (Phi) is 13.6. The van der Waals surface area contributed by atoms with Crippen LogP contribution in [0.3, 0.4) is 0 Å². The van der Waals surface area contributed by atoms with E-state index in [-0.39, 0.29) is 53.9 Å². The molecule has 6 heterocycles. The van der Waals surface area contributed by atoms with Crippen molar-refractivity contribution in [2.24, 2.45) is 0 Å². The Hall–Kier alpha value is -3.11. The van der Waals surface area contributed by atoms with E-state index in [9.17, 15) is 14.7 Å². The van der Waals surface area contributed by atoms with E-state index in [4.69, 9.17) is 28.1 Å². The smallest absolute Gasteiger partial charge is 0.444 e. The van der Waals surface area contributed by atoms with Crippen LogP contribution in [0.15, 0.2) is 24.8 Å². The fourth-order valence-electron chi connectivity index (χ4n) is 6.04. The van der Waals surface area contributed by atoms with Gasteiger partial charge in [0.2, 0.25) is 0 Å². The quantitative estimate of drug-likeness (QED) is 0.411. The summed E-state index contributed by atoms with van der Waals surface area (Å²) in [6.07, 6.45) is 9.59. The molecule has 0 saturated carbocycles. The van der Waals surface area contributed by atoms with Gasteiger partial charge in [0.15, 0.2) is 0 Å². The number of carbonyl (C=O) groups excluding carboxylic acids is 2. The highest BCUT2D eigenvalue weighted by Gasteiger charge is 2.53. The van der Waals surface area contributed by atoms with Crippen LogP contribution < -0.4 is 10.9 Å². The molecule has 0 spiro atoms. The molecular formula is C38H66B2N6O9. The van der Waals surface area contributed by atoms with E-state index in [1.54, 1.807) is 22.2 Å². The van der Waals surface area contributed by atoms with Crippen LogP contribution in [0, 0.1) is 0 Å². The topological polar surface area (TPSA) is 163 Å². The molecular weight excluding hydrogens is 706 g/mol. The average Bonchev–Trinajstić information content (AvgIpc) is 3.83. The first-order valence-electron chi connectivity index (χ1n) is 19.6. The third-order valence-electron chi connectivity index (χ3n) is 10.8. The number of nitrogens with one attached hydrogen (secondary N) is 1. The van der Waals surface area contributed by atoms with Crippen molar-refractivity contribution in [3.05, 3.63) is 24.8 Å². The Labute approximate surface area is 328 Å². The predicted molar refractivity (Wildman–Crippen MR) is 211 cm³/mol. The van der Waals surface area contributed by atoms with Crippen LogP contribution in [0.4, 0.5) is 9.59 Å². The third-order valence-corrected chi connectivity index (χ3v) is 10.8. The lowest BCUT2D eigenvalue weighted by molar-refractivity contribution is 0.00578. The zero-order chi connectivity index (χ0) is 41.2. The molecule has 2 aromatic heterocycles. The van der Waals surface area contributed by atoms with Crippen LogP contribution in [-0.4, -0.2) is 127 Å².